The number of nitrogens with one attached hydrogen (secondary N) is 1. The number of fused-ring (bicyclic) bond motifs is 1. The van der Waals surface area contributed by atoms with E-state index in [4.69, 9.17) is 5.73 Å². The molecule has 3 N–H and O–H groups in total. The summed E-state index contributed by atoms with van der Waals surface area (Å²) in [6.45, 7) is 4.23. The average Bonchev–Trinajstić information content (AvgIpc) is 3.10. The van der Waals surface area contributed by atoms with Gasteiger partial charge in [-0.1, -0.05) is 0 Å². The largest absolute Gasteiger partial charge is 0.350 e. The van der Waals surface area contributed by atoms with E-state index in [0.29, 0.717) is 24.4 Å². The summed E-state index contributed by atoms with van der Waals surface area (Å²) in [6.07, 6.45) is 6.15. The maximum absolute atomic E-state index is 12.2. The first kappa shape index (κ1) is 15.6. The van der Waals surface area contributed by atoms with Gasteiger partial charge in [0.05, 0.1) is 11.7 Å². The highest BCUT2D eigenvalue weighted by molar-refractivity contribution is 7.11. The number of hydrogen-bond acceptors (Lipinski definition) is 6. The molecule has 1 unspecified atom stereocenters. The Balaban J connectivity index is 1.60. The quantitative estimate of drug-likeness (QED) is 0.738. The molecule has 3 aromatic heterocycles. The number of amides is 1. The molecule has 0 aliphatic heterocycles. The Hall–Kier alpha value is -2.32. The molecule has 3 aromatic rings. The number of aryl methyl sites for hydroxylation is 1. The molecule has 0 spiro atoms. The lowest BCUT2D eigenvalue weighted by Gasteiger charge is -2.02. The number of hydrogen-bond donors (Lipinski definition) is 2. The first-order valence-corrected chi connectivity index (χ1v) is 8.16. The number of nitrogens with zero attached hydrogens (tertiary/aromatic N) is 4. The lowest BCUT2D eigenvalue weighted by molar-refractivity contribution is 0.0949. The van der Waals surface area contributed by atoms with Gasteiger partial charge in [-0.05, 0) is 19.9 Å². The monoisotopic (exact) mass is 330 g/mol. The third-order valence-corrected chi connectivity index (χ3v) is 4.54. The lowest BCUT2D eigenvalue weighted by Crippen LogP contribution is -2.26. The molecular weight excluding hydrogens is 312 g/mol. The summed E-state index contributed by atoms with van der Waals surface area (Å²) < 4.78 is 1.86. The topological polar surface area (TPSA) is 98.2 Å². The van der Waals surface area contributed by atoms with Gasteiger partial charge in [-0.2, -0.15) is 0 Å². The predicted octanol–water partition coefficient (Wildman–Crippen LogP) is 1.49. The van der Waals surface area contributed by atoms with Crippen LogP contribution in [-0.4, -0.2) is 31.8 Å². The van der Waals surface area contributed by atoms with Crippen molar-refractivity contribution in [3.05, 3.63) is 45.9 Å². The van der Waals surface area contributed by atoms with Crippen molar-refractivity contribution in [2.75, 3.05) is 6.54 Å². The van der Waals surface area contributed by atoms with Crippen molar-refractivity contribution in [3.63, 3.8) is 0 Å². The molecule has 0 aromatic carbocycles. The van der Waals surface area contributed by atoms with Crippen LogP contribution in [0.25, 0.3) is 5.78 Å². The Kier molecular flexibility index (Phi) is 4.35. The van der Waals surface area contributed by atoms with E-state index in [9.17, 15) is 4.79 Å². The standard InChI is InChI=1S/C15H18N6OS/c1-9(16)14-20-12(10(2)23-14)13(22)17-6-4-11-8-21-7-3-5-18-15(21)19-11/h3,5,7-9H,4,6,16H2,1-2H3,(H,17,22). The normalized spacial score (nSPS) is 12.5. The van der Waals surface area contributed by atoms with Gasteiger partial charge >= 0.3 is 0 Å². The second-order valence-electron chi connectivity index (χ2n) is 5.31. The van der Waals surface area contributed by atoms with Gasteiger partial charge in [0.25, 0.3) is 5.91 Å². The molecule has 1 amide bonds. The summed E-state index contributed by atoms with van der Waals surface area (Å²) in [5, 5.41) is 3.66. The fourth-order valence-electron chi connectivity index (χ4n) is 2.21. The van der Waals surface area contributed by atoms with Crippen molar-refractivity contribution >= 4 is 23.0 Å². The molecule has 0 radical (unpaired) electrons. The smallest absolute Gasteiger partial charge is 0.271 e. The van der Waals surface area contributed by atoms with Crippen LogP contribution >= 0.6 is 11.3 Å². The Bertz CT molecular complexity index is 804. The van der Waals surface area contributed by atoms with E-state index in [-0.39, 0.29) is 11.9 Å². The van der Waals surface area contributed by atoms with Crippen molar-refractivity contribution in [1.29, 1.82) is 0 Å². The van der Waals surface area contributed by atoms with Gasteiger partial charge in [0.2, 0.25) is 5.78 Å². The van der Waals surface area contributed by atoms with Crippen molar-refractivity contribution in [2.45, 2.75) is 26.3 Å². The number of aromatic nitrogens is 4. The fraction of sp³-hybridized carbons (Fsp3) is 0.333. The molecule has 3 rings (SSSR count). The minimum atomic E-state index is -0.174. The molecule has 3 heterocycles. The molecular formula is C15H18N6OS. The second kappa shape index (κ2) is 6.43. The van der Waals surface area contributed by atoms with Gasteiger partial charge in [-0.25, -0.2) is 15.0 Å². The number of nitrogens with two attached hydrogens (primary N) is 1. The van der Waals surface area contributed by atoms with Crippen molar-refractivity contribution in [3.8, 4) is 0 Å². The predicted molar refractivity (Wildman–Crippen MR) is 88.5 cm³/mol. The third kappa shape index (κ3) is 3.38. The average molecular weight is 330 g/mol. The Morgan fingerprint density at radius 3 is 3.00 bits per heavy atom. The Labute approximate surface area is 137 Å². The molecule has 0 aliphatic rings. The second-order valence-corrected chi connectivity index (χ2v) is 6.55. The first-order chi connectivity index (χ1) is 11.0. The van der Waals surface area contributed by atoms with E-state index < -0.39 is 0 Å². The highest BCUT2D eigenvalue weighted by Crippen LogP contribution is 2.21. The van der Waals surface area contributed by atoms with Crippen LogP contribution in [0, 0.1) is 6.92 Å². The van der Waals surface area contributed by atoms with Crippen LogP contribution in [0.3, 0.4) is 0 Å². The lowest BCUT2D eigenvalue weighted by atomic mass is 10.3. The molecule has 0 aliphatic carbocycles. The molecule has 8 heteroatoms. The maximum atomic E-state index is 12.2. The van der Waals surface area contributed by atoms with Crippen molar-refractivity contribution in [1.82, 2.24) is 24.7 Å². The van der Waals surface area contributed by atoms with Gasteiger partial charge in [0.1, 0.15) is 10.7 Å². The fourth-order valence-corrected chi connectivity index (χ4v) is 3.08. The zero-order valence-corrected chi connectivity index (χ0v) is 13.8. The molecule has 1 atom stereocenters. The van der Waals surface area contributed by atoms with Crippen LogP contribution in [0.4, 0.5) is 0 Å². The number of carbonyl (C=O) groups is 1. The summed E-state index contributed by atoms with van der Waals surface area (Å²) in [6, 6.07) is 1.69. The summed E-state index contributed by atoms with van der Waals surface area (Å²) in [4.78, 5) is 26.0. The van der Waals surface area contributed by atoms with Crippen LogP contribution in [0.15, 0.2) is 24.7 Å². The summed E-state index contributed by atoms with van der Waals surface area (Å²) in [5.74, 6) is 0.485. The van der Waals surface area contributed by atoms with Crippen LogP contribution < -0.4 is 11.1 Å². The summed E-state index contributed by atoms with van der Waals surface area (Å²) >= 11 is 1.46. The zero-order valence-electron chi connectivity index (χ0n) is 13.0. The van der Waals surface area contributed by atoms with Gasteiger partial charge in [-0.15, -0.1) is 11.3 Å². The van der Waals surface area contributed by atoms with Crippen molar-refractivity contribution < 1.29 is 4.79 Å². The molecule has 0 saturated carbocycles. The van der Waals surface area contributed by atoms with E-state index >= 15 is 0 Å². The van der Waals surface area contributed by atoms with E-state index in [2.05, 4.69) is 20.3 Å². The summed E-state index contributed by atoms with van der Waals surface area (Å²) in [7, 11) is 0. The first-order valence-electron chi connectivity index (χ1n) is 7.34. The molecule has 7 nitrogen and oxygen atoms in total. The van der Waals surface area contributed by atoms with Gasteiger partial charge in [0.15, 0.2) is 0 Å². The Morgan fingerprint density at radius 1 is 1.48 bits per heavy atom. The van der Waals surface area contributed by atoms with Crippen molar-refractivity contribution in [2.24, 2.45) is 5.73 Å². The minimum Gasteiger partial charge on any atom is -0.350 e. The summed E-state index contributed by atoms with van der Waals surface area (Å²) in [5.41, 5.74) is 7.15. The number of carbonyl (C=O) groups excluding carboxylic acids is 1. The molecule has 120 valence electrons. The zero-order chi connectivity index (χ0) is 16.4. The number of imidazole rings is 1. The van der Waals surface area contributed by atoms with Crippen LogP contribution in [0.5, 0.6) is 0 Å². The van der Waals surface area contributed by atoms with Crippen LogP contribution in [0.1, 0.15) is 39.0 Å². The van der Waals surface area contributed by atoms with Crippen LogP contribution in [0.2, 0.25) is 0 Å². The Morgan fingerprint density at radius 2 is 2.30 bits per heavy atom. The van der Waals surface area contributed by atoms with E-state index in [1.54, 1.807) is 6.20 Å². The maximum Gasteiger partial charge on any atom is 0.271 e. The minimum absolute atomic E-state index is 0.161. The van der Waals surface area contributed by atoms with E-state index in [1.807, 2.05) is 36.7 Å². The molecule has 0 fully saturated rings. The number of rotatable bonds is 5. The third-order valence-electron chi connectivity index (χ3n) is 3.37. The molecule has 23 heavy (non-hydrogen) atoms. The van der Waals surface area contributed by atoms with Gasteiger partial charge in [0, 0.05) is 36.4 Å². The highest BCUT2D eigenvalue weighted by atomic mass is 32.1. The van der Waals surface area contributed by atoms with Gasteiger partial charge < -0.3 is 11.1 Å². The van der Waals surface area contributed by atoms with E-state index in [1.165, 1.54) is 11.3 Å². The molecule has 0 bridgehead atoms. The van der Waals surface area contributed by atoms with Gasteiger partial charge in [-0.3, -0.25) is 9.20 Å². The number of thiazole rings is 1. The highest BCUT2D eigenvalue weighted by Gasteiger charge is 2.16. The SMILES string of the molecule is Cc1sc(C(C)N)nc1C(=O)NCCc1cn2cccnc2n1. The van der Waals surface area contributed by atoms with E-state index in [0.717, 1.165) is 15.6 Å². The molecule has 0 saturated heterocycles. The van der Waals surface area contributed by atoms with Crippen LogP contribution in [-0.2, 0) is 6.42 Å².